The second-order valence-corrected chi connectivity index (χ2v) is 8.18. The van der Waals surface area contributed by atoms with Gasteiger partial charge < -0.3 is 15.1 Å². The number of nitrogen functional groups attached to an aromatic ring is 1. The predicted molar refractivity (Wildman–Crippen MR) is 118 cm³/mol. The topological polar surface area (TPSA) is 106 Å². The molecule has 0 spiro atoms. The van der Waals surface area contributed by atoms with Gasteiger partial charge in [0.05, 0.1) is 11.4 Å². The molecular formula is C22H26N6O2. The molecule has 8 nitrogen and oxygen atoms in total. The van der Waals surface area contributed by atoms with Crippen LogP contribution >= 0.6 is 0 Å². The van der Waals surface area contributed by atoms with Crippen molar-refractivity contribution in [2.75, 3.05) is 25.4 Å². The average Bonchev–Trinajstić information content (AvgIpc) is 3.30. The van der Waals surface area contributed by atoms with Gasteiger partial charge in [-0.15, -0.1) is 0 Å². The number of hydrogen-bond donors (Lipinski definition) is 2. The molecule has 156 valence electrons. The van der Waals surface area contributed by atoms with Gasteiger partial charge in [0.15, 0.2) is 17.1 Å². The minimum absolute atomic E-state index is 0.170. The van der Waals surface area contributed by atoms with Crippen molar-refractivity contribution in [1.82, 2.24) is 24.9 Å². The zero-order valence-electron chi connectivity index (χ0n) is 17.5. The van der Waals surface area contributed by atoms with Gasteiger partial charge in [-0.05, 0) is 45.4 Å². The van der Waals surface area contributed by atoms with Gasteiger partial charge in [-0.1, -0.05) is 18.6 Å². The molecule has 1 aromatic carbocycles. The van der Waals surface area contributed by atoms with Crippen molar-refractivity contribution in [3.05, 3.63) is 39.7 Å². The summed E-state index contributed by atoms with van der Waals surface area (Å²) in [5, 5.41) is 12.8. The fourth-order valence-corrected chi connectivity index (χ4v) is 4.58. The summed E-state index contributed by atoms with van der Waals surface area (Å²) in [5.41, 5.74) is 9.95. The summed E-state index contributed by atoms with van der Waals surface area (Å²) in [6, 6.07) is 6.31. The molecule has 0 atom stereocenters. The van der Waals surface area contributed by atoms with E-state index in [1.54, 1.807) is 0 Å². The summed E-state index contributed by atoms with van der Waals surface area (Å²) in [4.78, 5) is 15.0. The Morgan fingerprint density at radius 2 is 2.03 bits per heavy atom. The number of aromatic amines is 1. The van der Waals surface area contributed by atoms with E-state index in [1.807, 2.05) is 23.7 Å². The molecule has 3 N–H and O–H groups in total. The normalized spacial score (nSPS) is 16.1. The van der Waals surface area contributed by atoms with Crippen LogP contribution in [0.1, 0.15) is 36.9 Å². The first kappa shape index (κ1) is 18.9. The van der Waals surface area contributed by atoms with Crippen molar-refractivity contribution in [2.24, 2.45) is 0 Å². The van der Waals surface area contributed by atoms with Crippen LogP contribution in [-0.4, -0.2) is 44.5 Å². The predicted octanol–water partition coefficient (Wildman–Crippen LogP) is 3.39. The quantitative estimate of drug-likeness (QED) is 0.540. The third kappa shape index (κ3) is 2.82. The van der Waals surface area contributed by atoms with Gasteiger partial charge in [-0.3, -0.25) is 9.48 Å². The van der Waals surface area contributed by atoms with E-state index in [-0.39, 0.29) is 17.4 Å². The minimum atomic E-state index is -0.338. The Morgan fingerprint density at radius 1 is 1.27 bits per heavy atom. The van der Waals surface area contributed by atoms with E-state index in [1.165, 1.54) is 5.56 Å². The monoisotopic (exact) mass is 406 g/mol. The van der Waals surface area contributed by atoms with Gasteiger partial charge in [-0.2, -0.15) is 10.2 Å². The summed E-state index contributed by atoms with van der Waals surface area (Å²) < 4.78 is 8.27. The van der Waals surface area contributed by atoms with E-state index in [4.69, 9.17) is 15.2 Å². The summed E-state index contributed by atoms with van der Waals surface area (Å²) in [6.45, 7) is 9.33. The van der Waals surface area contributed by atoms with Crippen LogP contribution in [-0.2, 0) is 0 Å². The maximum atomic E-state index is 12.5. The maximum Gasteiger partial charge on any atom is 0.292 e. The minimum Gasteiger partial charge on any atom is -0.454 e. The molecule has 4 aromatic rings. The first-order valence-corrected chi connectivity index (χ1v) is 10.5. The Kier molecular flexibility index (Phi) is 4.39. The van der Waals surface area contributed by atoms with E-state index < -0.39 is 0 Å². The molecule has 8 heteroatoms. The van der Waals surface area contributed by atoms with Gasteiger partial charge in [0.2, 0.25) is 0 Å². The number of rotatable bonds is 3. The van der Waals surface area contributed by atoms with Crippen molar-refractivity contribution >= 4 is 27.7 Å². The van der Waals surface area contributed by atoms with Crippen molar-refractivity contribution < 1.29 is 4.42 Å². The first-order chi connectivity index (χ1) is 14.5. The molecule has 0 bridgehead atoms. The Hall–Kier alpha value is -3.13. The molecule has 0 amide bonds. The summed E-state index contributed by atoms with van der Waals surface area (Å²) in [6.07, 6.45) is 1.91. The van der Waals surface area contributed by atoms with Gasteiger partial charge in [0.1, 0.15) is 11.3 Å². The van der Waals surface area contributed by atoms with Gasteiger partial charge in [0, 0.05) is 24.0 Å². The summed E-state index contributed by atoms with van der Waals surface area (Å²) in [7, 11) is 0. The van der Waals surface area contributed by atoms with Crippen LogP contribution in [0.2, 0.25) is 0 Å². The third-order valence-electron chi connectivity index (χ3n) is 6.32. The highest BCUT2D eigenvalue weighted by Crippen LogP contribution is 2.40. The smallest absolute Gasteiger partial charge is 0.292 e. The Bertz CT molecular complexity index is 1310. The molecule has 5 rings (SSSR count). The summed E-state index contributed by atoms with van der Waals surface area (Å²) >= 11 is 0. The number of aromatic nitrogens is 4. The molecule has 0 saturated carbocycles. The zero-order valence-corrected chi connectivity index (χ0v) is 17.5. The molecule has 1 saturated heterocycles. The van der Waals surface area contributed by atoms with Crippen LogP contribution in [0.5, 0.6) is 0 Å². The Labute approximate surface area is 173 Å². The SMILES string of the molecule is CCN1CCC(n2nc3c(=O)[nH]nc(N)c3c2-c2oc3ccc(C)cc3c2C)CC1. The van der Waals surface area contributed by atoms with E-state index >= 15 is 0 Å². The lowest BCUT2D eigenvalue weighted by Crippen LogP contribution is -2.34. The van der Waals surface area contributed by atoms with Crippen molar-refractivity contribution in [2.45, 2.75) is 39.7 Å². The number of anilines is 1. The van der Waals surface area contributed by atoms with Crippen LogP contribution in [0.3, 0.4) is 0 Å². The molecule has 3 aromatic heterocycles. The van der Waals surface area contributed by atoms with E-state index in [0.717, 1.165) is 54.7 Å². The number of furan rings is 1. The molecule has 0 unspecified atom stereocenters. The molecule has 1 fully saturated rings. The molecule has 1 aliphatic rings. The first-order valence-electron chi connectivity index (χ1n) is 10.5. The second kappa shape index (κ2) is 6.98. The molecule has 1 aliphatic heterocycles. The molecule has 30 heavy (non-hydrogen) atoms. The van der Waals surface area contributed by atoms with Crippen molar-refractivity contribution in [3.63, 3.8) is 0 Å². The zero-order chi connectivity index (χ0) is 21.0. The molecule has 0 aliphatic carbocycles. The van der Waals surface area contributed by atoms with E-state index in [9.17, 15) is 4.79 Å². The van der Waals surface area contributed by atoms with Gasteiger partial charge >= 0.3 is 0 Å². The van der Waals surface area contributed by atoms with Crippen LogP contribution in [0.15, 0.2) is 27.4 Å². The Morgan fingerprint density at radius 3 is 2.77 bits per heavy atom. The Balaban J connectivity index is 1.77. The standard InChI is InChI=1S/C22H26N6O2/c1-4-27-9-7-14(8-10-27)28-19(17-18(26-28)22(29)25-24-21(17)23)20-13(3)15-11-12(2)5-6-16(15)30-20/h5-6,11,14H,4,7-10H2,1-3H3,(H2,23,24)(H,25,29). The number of nitrogens with zero attached hydrogens (tertiary/aromatic N) is 4. The fraction of sp³-hybridized carbons (Fsp3) is 0.409. The highest BCUT2D eigenvalue weighted by Gasteiger charge is 2.29. The lowest BCUT2D eigenvalue weighted by molar-refractivity contribution is 0.188. The average molecular weight is 406 g/mol. The number of likely N-dealkylation sites (tertiary alicyclic amines) is 1. The highest BCUT2D eigenvalue weighted by atomic mass is 16.3. The number of piperidine rings is 1. The number of H-pyrrole nitrogens is 1. The number of nitrogens with one attached hydrogen (secondary N) is 1. The molecular weight excluding hydrogens is 380 g/mol. The number of nitrogens with two attached hydrogens (primary N) is 1. The number of fused-ring (bicyclic) bond motifs is 2. The van der Waals surface area contributed by atoms with Gasteiger partial charge in [-0.25, -0.2) is 5.10 Å². The third-order valence-corrected chi connectivity index (χ3v) is 6.32. The largest absolute Gasteiger partial charge is 0.454 e. The van der Waals surface area contributed by atoms with Crippen LogP contribution in [0, 0.1) is 13.8 Å². The number of benzene rings is 1. The van der Waals surface area contributed by atoms with Crippen LogP contribution in [0.25, 0.3) is 33.3 Å². The maximum absolute atomic E-state index is 12.5. The van der Waals surface area contributed by atoms with Gasteiger partial charge in [0.25, 0.3) is 5.56 Å². The van der Waals surface area contributed by atoms with Crippen molar-refractivity contribution in [3.8, 4) is 11.5 Å². The molecule has 0 radical (unpaired) electrons. The lowest BCUT2D eigenvalue weighted by Gasteiger charge is -2.31. The number of hydrogen-bond acceptors (Lipinski definition) is 6. The molecule has 4 heterocycles. The fourth-order valence-electron chi connectivity index (χ4n) is 4.58. The highest BCUT2D eigenvalue weighted by molar-refractivity contribution is 6.01. The summed E-state index contributed by atoms with van der Waals surface area (Å²) in [5.74, 6) is 0.961. The van der Waals surface area contributed by atoms with E-state index in [2.05, 4.69) is 35.0 Å². The lowest BCUT2D eigenvalue weighted by atomic mass is 10.0. The van der Waals surface area contributed by atoms with Crippen LogP contribution in [0.4, 0.5) is 5.82 Å². The second-order valence-electron chi connectivity index (χ2n) is 8.18. The van der Waals surface area contributed by atoms with Crippen LogP contribution < -0.4 is 11.3 Å². The van der Waals surface area contributed by atoms with Crippen molar-refractivity contribution in [1.29, 1.82) is 0 Å². The van der Waals surface area contributed by atoms with E-state index in [0.29, 0.717) is 16.7 Å². The number of aryl methyl sites for hydroxylation is 2.